The first-order valence-corrected chi connectivity index (χ1v) is 10.6. The average molecular weight is 403 g/mol. The summed E-state index contributed by atoms with van der Waals surface area (Å²) >= 11 is 1.15. The SMILES string of the molecule is O=C(c1nn(C2CCCOC2)c2c1C(F)Sc1ccccc1-2)N1CCOCC1. The lowest BCUT2D eigenvalue weighted by molar-refractivity contribution is 0.0294. The second-order valence-electron chi connectivity index (χ2n) is 7.26. The number of aromatic nitrogens is 2. The second-order valence-corrected chi connectivity index (χ2v) is 8.35. The Morgan fingerprint density at radius 3 is 2.79 bits per heavy atom. The lowest BCUT2D eigenvalue weighted by Gasteiger charge is -2.27. The number of carbonyl (C=O) groups is 1. The summed E-state index contributed by atoms with van der Waals surface area (Å²) in [5.41, 5.74) is 0.996. The van der Waals surface area contributed by atoms with E-state index in [4.69, 9.17) is 14.6 Å². The Labute approximate surface area is 167 Å². The van der Waals surface area contributed by atoms with Gasteiger partial charge in [-0.1, -0.05) is 30.0 Å². The van der Waals surface area contributed by atoms with E-state index in [1.807, 2.05) is 28.9 Å². The molecule has 1 amide bonds. The molecular weight excluding hydrogens is 381 g/mol. The van der Waals surface area contributed by atoms with E-state index >= 15 is 4.39 Å². The molecule has 0 aliphatic carbocycles. The molecule has 0 radical (unpaired) electrons. The van der Waals surface area contributed by atoms with Gasteiger partial charge in [0.1, 0.15) is 0 Å². The van der Waals surface area contributed by atoms with Crippen LogP contribution < -0.4 is 0 Å². The summed E-state index contributed by atoms with van der Waals surface area (Å²) in [5.74, 6) is -0.211. The Bertz CT molecular complexity index is 891. The van der Waals surface area contributed by atoms with Crippen LogP contribution in [0.3, 0.4) is 0 Å². The number of fused-ring (bicyclic) bond motifs is 3. The number of ether oxygens (including phenoxy) is 2. The van der Waals surface area contributed by atoms with E-state index < -0.39 is 5.50 Å². The topological polar surface area (TPSA) is 56.6 Å². The molecule has 2 saturated heterocycles. The van der Waals surface area contributed by atoms with Crippen molar-refractivity contribution in [2.24, 2.45) is 0 Å². The first-order chi connectivity index (χ1) is 13.7. The molecule has 2 aromatic rings. The minimum atomic E-state index is -1.32. The molecule has 5 rings (SSSR count). The lowest BCUT2D eigenvalue weighted by atomic mass is 10.0. The van der Waals surface area contributed by atoms with E-state index in [-0.39, 0.29) is 17.6 Å². The zero-order valence-corrected chi connectivity index (χ0v) is 16.3. The minimum Gasteiger partial charge on any atom is -0.379 e. The average Bonchev–Trinajstić information content (AvgIpc) is 3.16. The molecule has 2 unspecified atom stereocenters. The normalized spacial score (nSPS) is 24.5. The molecule has 2 fully saturated rings. The highest BCUT2D eigenvalue weighted by molar-refractivity contribution is 7.99. The maximum atomic E-state index is 15.3. The zero-order valence-electron chi connectivity index (χ0n) is 15.5. The van der Waals surface area contributed by atoms with E-state index in [9.17, 15) is 4.79 Å². The zero-order chi connectivity index (χ0) is 19.1. The highest BCUT2D eigenvalue weighted by Crippen LogP contribution is 2.51. The van der Waals surface area contributed by atoms with Gasteiger partial charge in [-0.15, -0.1) is 0 Å². The van der Waals surface area contributed by atoms with E-state index in [2.05, 4.69) is 0 Å². The molecule has 3 aliphatic rings. The van der Waals surface area contributed by atoms with Crippen LogP contribution in [0.2, 0.25) is 0 Å². The molecule has 0 spiro atoms. The molecule has 4 heterocycles. The predicted molar refractivity (Wildman–Crippen MR) is 103 cm³/mol. The van der Waals surface area contributed by atoms with E-state index in [1.165, 1.54) is 0 Å². The quantitative estimate of drug-likeness (QED) is 0.769. The van der Waals surface area contributed by atoms with Crippen LogP contribution in [0.5, 0.6) is 0 Å². The number of benzene rings is 1. The molecule has 6 nitrogen and oxygen atoms in total. The van der Waals surface area contributed by atoms with Gasteiger partial charge in [-0.3, -0.25) is 9.48 Å². The Kier molecular flexibility index (Phi) is 4.86. The van der Waals surface area contributed by atoms with Crippen LogP contribution in [0, 0.1) is 0 Å². The molecule has 0 saturated carbocycles. The summed E-state index contributed by atoms with van der Waals surface area (Å²) in [6.07, 6.45) is 1.84. The third-order valence-electron chi connectivity index (χ3n) is 5.53. The third kappa shape index (κ3) is 3.03. The molecular formula is C20H22FN3O3S. The minimum absolute atomic E-state index is 0.0112. The highest BCUT2D eigenvalue weighted by atomic mass is 32.2. The van der Waals surface area contributed by atoms with Gasteiger partial charge in [0.05, 0.1) is 37.1 Å². The highest BCUT2D eigenvalue weighted by Gasteiger charge is 2.38. The predicted octanol–water partition coefficient (Wildman–Crippen LogP) is 3.45. The number of alkyl halides is 1. The Hall–Kier alpha value is -1.90. The number of hydrogen-bond acceptors (Lipinski definition) is 5. The number of hydrogen-bond donors (Lipinski definition) is 0. The molecule has 1 aromatic carbocycles. The molecule has 8 heteroatoms. The number of nitrogens with zero attached hydrogens (tertiary/aromatic N) is 3. The van der Waals surface area contributed by atoms with Crippen LogP contribution in [-0.2, 0) is 9.47 Å². The smallest absolute Gasteiger partial charge is 0.274 e. The lowest BCUT2D eigenvalue weighted by Crippen LogP contribution is -2.41. The fourth-order valence-corrected chi connectivity index (χ4v) is 5.13. The Morgan fingerprint density at radius 1 is 1.18 bits per heavy atom. The van der Waals surface area contributed by atoms with Crippen molar-refractivity contribution >= 4 is 17.7 Å². The van der Waals surface area contributed by atoms with Crippen molar-refractivity contribution < 1.29 is 18.7 Å². The fourth-order valence-electron chi connectivity index (χ4n) is 4.12. The van der Waals surface area contributed by atoms with Gasteiger partial charge in [-0.2, -0.15) is 5.10 Å². The summed E-state index contributed by atoms with van der Waals surface area (Å²) < 4.78 is 28.2. The molecule has 0 N–H and O–H groups in total. The van der Waals surface area contributed by atoms with Crippen molar-refractivity contribution in [1.82, 2.24) is 14.7 Å². The van der Waals surface area contributed by atoms with Crippen LogP contribution in [0.15, 0.2) is 29.2 Å². The number of morpholine rings is 1. The number of carbonyl (C=O) groups excluding carboxylic acids is 1. The van der Waals surface area contributed by atoms with Crippen molar-refractivity contribution in [3.8, 4) is 11.3 Å². The number of rotatable bonds is 2. The molecule has 0 bridgehead atoms. The van der Waals surface area contributed by atoms with Gasteiger partial charge in [0.2, 0.25) is 0 Å². The van der Waals surface area contributed by atoms with E-state index in [1.54, 1.807) is 4.90 Å². The van der Waals surface area contributed by atoms with Gasteiger partial charge >= 0.3 is 0 Å². The Balaban J connectivity index is 1.65. The summed E-state index contributed by atoms with van der Waals surface area (Å²) in [6, 6.07) is 7.77. The monoisotopic (exact) mass is 403 g/mol. The van der Waals surface area contributed by atoms with Crippen molar-refractivity contribution in [3.63, 3.8) is 0 Å². The van der Waals surface area contributed by atoms with Gasteiger partial charge in [-0.05, 0) is 18.9 Å². The van der Waals surface area contributed by atoms with Gasteiger partial charge in [0, 0.05) is 30.2 Å². The van der Waals surface area contributed by atoms with Crippen LogP contribution >= 0.6 is 11.8 Å². The standard InChI is InChI=1S/C20H22FN3O3S/c21-19-16-17(20(25)23-7-10-26-11-8-23)22-24(13-4-3-9-27-12-13)18(16)14-5-1-2-6-15(14)28-19/h1-2,5-6,13,19H,3-4,7-12H2. The maximum absolute atomic E-state index is 15.3. The van der Waals surface area contributed by atoms with Crippen LogP contribution in [0.4, 0.5) is 4.39 Å². The van der Waals surface area contributed by atoms with Gasteiger partial charge in [-0.25, -0.2) is 4.39 Å². The third-order valence-corrected chi connectivity index (χ3v) is 6.58. The maximum Gasteiger partial charge on any atom is 0.274 e. The van der Waals surface area contributed by atoms with Crippen molar-refractivity contribution in [2.45, 2.75) is 29.3 Å². The number of halogens is 1. The molecule has 3 aliphatic heterocycles. The summed E-state index contributed by atoms with van der Waals surface area (Å²) in [7, 11) is 0. The summed E-state index contributed by atoms with van der Waals surface area (Å²) in [5, 5.41) is 4.69. The van der Waals surface area contributed by atoms with E-state index in [0.29, 0.717) is 38.5 Å². The fraction of sp³-hybridized carbons (Fsp3) is 0.500. The first-order valence-electron chi connectivity index (χ1n) is 9.71. The molecule has 1 aromatic heterocycles. The van der Waals surface area contributed by atoms with Crippen molar-refractivity contribution in [2.75, 3.05) is 39.5 Å². The summed E-state index contributed by atoms with van der Waals surface area (Å²) in [4.78, 5) is 15.8. The number of thioether (sulfide) groups is 1. The van der Waals surface area contributed by atoms with Gasteiger partial charge < -0.3 is 14.4 Å². The Morgan fingerprint density at radius 2 is 2.00 bits per heavy atom. The second kappa shape index (κ2) is 7.50. The largest absolute Gasteiger partial charge is 0.379 e. The van der Waals surface area contributed by atoms with Crippen LogP contribution in [-0.4, -0.2) is 60.1 Å². The first kappa shape index (κ1) is 18.1. The van der Waals surface area contributed by atoms with Crippen molar-refractivity contribution in [3.05, 3.63) is 35.5 Å². The molecule has 28 heavy (non-hydrogen) atoms. The van der Waals surface area contributed by atoms with Gasteiger partial charge in [0.15, 0.2) is 11.2 Å². The number of amides is 1. The molecule has 148 valence electrons. The van der Waals surface area contributed by atoms with Gasteiger partial charge in [0.25, 0.3) is 5.91 Å². The molecule has 2 atom stereocenters. The van der Waals surface area contributed by atoms with Crippen molar-refractivity contribution in [1.29, 1.82) is 0 Å². The van der Waals surface area contributed by atoms with Crippen LogP contribution in [0.25, 0.3) is 11.3 Å². The van der Waals surface area contributed by atoms with E-state index in [0.717, 1.165) is 47.4 Å². The summed E-state index contributed by atoms with van der Waals surface area (Å²) in [6.45, 7) is 3.29. The van der Waals surface area contributed by atoms with Crippen LogP contribution in [0.1, 0.15) is 40.4 Å².